The van der Waals surface area contributed by atoms with Crippen LogP contribution in [-0.2, 0) is 30.7 Å². The maximum absolute atomic E-state index is 13.9. The molecule has 3 aromatic carbocycles. The first-order valence-electron chi connectivity index (χ1n) is 13.7. The van der Waals surface area contributed by atoms with E-state index < -0.39 is 23.8 Å². The molecule has 0 fully saturated rings. The summed E-state index contributed by atoms with van der Waals surface area (Å²) in [6, 6.07) is 16.3. The van der Waals surface area contributed by atoms with Gasteiger partial charge in [0.2, 0.25) is 0 Å². The normalized spacial score (nSPS) is 12.6. The van der Waals surface area contributed by atoms with Crippen molar-refractivity contribution in [2.45, 2.75) is 51.9 Å². The van der Waals surface area contributed by atoms with E-state index in [4.69, 9.17) is 4.74 Å². The van der Waals surface area contributed by atoms with Gasteiger partial charge in [0.05, 0.1) is 18.8 Å². The molecule has 3 aromatic rings. The Labute approximate surface area is 248 Å². The summed E-state index contributed by atoms with van der Waals surface area (Å²) in [5, 5.41) is 17.3. The van der Waals surface area contributed by atoms with Gasteiger partial charge >= 0.3 is 0 Å². The number of aliphatic hydroxyl groups excluding tert-OH is 1. The van der Waals surface area contributed by atoms with Gasteiger partial charge in [-0.25, -0.2) is 8.78 Å². The Morgan fingerprint density at radius 1 is 1.00 bits per heavy atom. The maximum atomic E-state index is 13.9. The number of carbonyl (C=O) groups is 1. The molecule has 0 saturated carbocycles. The molecule has 1 amide bonds. The van der Waals surface area contributed by atoms with Crippen molar-refractivity contribution < 1.29 is 23.4 Å². The molecule has 0 bridgehead atoms. The summed E-state index contributed by atoms with van der Waals surface area (Å²) < 4.78 is 33.0. The largest absolute Gasteiger partial charge is 0.390 e. The predicted octanol–water partition coefficient (Wildman–Crippen LogP) is 4.83. The van der Waals surface area contributed by atoms with E-state index in [0.29, 0.717) is 30.8 Å². The molecule has 224 valence electrons. The van der Waals surface area contributed by atoms with Gasteiger partial charge in [-0.3, -0.25) is 9.69 Å². The molecule has 0 aliphatic rings. The lowest BCUT2D eigenvalue weighted by atomic mass is 9.99. The minimum absolute atomic E-state index is 0. The van der Waals surface area contributed by atoms with Crippen molar-refractivity contribution in [1.29, 1.82) is 0 Å². The zero-order valence-electron chi connectivity index (χ0n) is 24.3. The van der Waals surface area contributed by atoms with Gasteiger partial charge in [-0.1, -0.05) is 42.8 Å². The summed E-state index contributed by atoms with van der Waals surface area (Å²) in [4.78, 5) is 15.5. The number of carbonyl (C=O) groups excluding carboxylic acids is 1. The lowest BCUT2D eigenvalue weighted by Gasteiger charge is -2.25. The Morgan fingerprint density at radius 2 is 1.71 bits per heavy atom. The Balaban J connectivity index is 0.00000588. The second-order valence-electron chi connectivity index (χ2n) is 10.4. The second-order valence-corrected chi connectivity index (χ2v) is 10.4. The number of hydrogen-bond donors (Lipinski definition) is 3. The van der Waals surface area contributed by atoms with E-state index in [2.05, 4.69) is 34.6 Å². The smallest absolute Gasteiger partial charge is 0.251 e. The molecule has 3 rings (SSSR count). The highest BCUT2D eigenvalue weighted by atomic mass is 35.5. The van der Waals surface area contributed by atoms with Crippen LogP contribution in [0.15, 0.2) is 60.7 Å². The molecule has 0 heterocycles. The molecule has 0 aliphatic heterocycles. The summed E-state index contributed by atoms with van der Waals surface area (Å²) in [5.41, 5.74) is 5.03. The van der Waals surface area contributed by atoms with Gasteiger partial charge in [0.25, 0.3) is 5.91 Å². The van der Waals surface area contributed by atoms with Crippen LogP contribution in [0.1, 0.15) is 45.1 Å². The zero-order chi connectivity index (χ0) is 29.1. The third kappa shape index (κ3) is 11.5. The van der Waals surface area contributed by atoms with Crippen LogP contribution in [0.2, 0.25) is 0 Å². The van der Waals surface area contributed by atoms with Crippen LogP contribution in [0.5, 0.6) is 0 Å². The molecule has 3 N–H and O–H groups in total. The number of aliphatic hydroxyl groups is 1. The van der Waals surface area contributed by atoms with Crippen molar-refractivity contribution in [3.63, 3.8) is 0 Å². The van der Waals surface area contributed by atoms with Gasteiger partial charge in [0.15, 0.2) is 0 Å². The maximum Gasteiger partial charge on any atom is 0.251 e. The monoisotopic (exact) mass is 589 g/mol. The number of rotatable bonds is 15. The van der Waals surface area contributed by atoms with E-state index in [9.17, 15) is 18.7 Å². The summed E-state index contributed by atoms with van der Waals surface area (Å²) in [6.07, 6.45) is -0.0135. The van der Waals surface area contributed by atoms with E-state index >= 15 is 0 Å². The molecule has 2 atom stereocenters. The Kier molecular flexibility index (Phi) is 14.4. The molecule has 41 heavy (non-hydrogen) atoms. The van der Waals surface area contributed by atoms with Gasteiger partial charge in [0, 0.05) is 44.9 Å². The van der Waals surface area contributed by atoms with Crippen molar-refractivity contribution in [3.8, 4) is 0 Å². The first kappa shape index (κ1) is 34.3. The van der Waals surface area contributed by atoms with Crippen molar-refractivity contribution in [1.82, 2.24) is 15.5 Å². The van der Waals surface area contributed by atoms with Gasteiger partial charge in [-0.2, -0.15) is 0 Å². The van der Waals surface area contributed by atoms with Crippen molar-refractivity contribution >= 4 is 18.3 Å². The minimum atomic E-state index is -1.01. The van der Waals surface area contributed by atoms with Gasteiger partial charge in [-0.05, 0) is 73.3 Å². The summed E-state index contributed by atoms with van der Waals surface area (Å²) in [6.45, 7) is 6.74. The SMILES string of the molecule is CCc1cccc(CNC[C@@H](O)[C@H](Cc2cc(F)cc(F)c2)NC(=O)c2cc(C)cc(CN(C)CCOC)c2)c1.Cl. The standard InChI is InChI=1S/C32H41F2N3O3.ClH/c1-5-23-7-6-8-24(13-23)19-35-20-31(38)30(17-25-15-28(33)18-29(34)16-25)36-32(39)27-12-22(2)11-26(14-27)21-37(3)9-10-40-4;/h6-8,11-16,18,30-31,35,38H,5,9-10,17,19-21H2,1-4H3,(H,36,39);1H/t30-,31+;/m0./s1. The van der Waals surface area contributed by atoms with Crippen LogP contribution in [0.25, 0.3) is 0 Å². The Bertz CT molecular complexity index is 1240. The highest BCUT2D eigenvalue weighted by Crippen LogP contribution is 2.15. The van der Waals surface area contributed by atoms with Crippen LogP contribution in [0.3, 0.4) is 0 Å². The fourth-order valence-electron chi connectivity index (χ4n) is 4.71. The average Bonchev–Trinajstić information content (AvgIpc) is 2.90. The van der Waals surface area contributed by atoms with E-state index in [1.807, 2.05) is 38.2 Å². The molecular weight excluding hydrogens is 548 g/mol. The number of benzene rings is 3. The van der Waals surface area contributed by atoms with E-state index in [1.165, 1.54) is 17.7 Å². The third-order valence-corrected chi connectivity index (χ3v) is 6.77. The lowest BCUT2D eigenvalue weighted by Crippen LogP contribution is -2.48. The molecule has 0 radical (unpaired) electrons. The van der Waals surface area contributed by atoms with Crippen molar-refractivity contribution in [2.75, 3.05) is 33.9 Å². The topological polar surface area (TPSA) is 73.8 Å². The molecule has 0 spiro atoms. The van der Waals surface area contributed by atoms with Crippen LogP contribution in [0.4, 0.5) is 8.78 Å². The second kappa shape index (κ2) is 17.2. The average molecular weight is 590 g/mol. The molecule has 9 heteroatoms. The number of amides is 1. The van der Waals surface area contributed by atoms with E-state index in [-0.39, 0.29) is 31.3 Å². The fraction of sp³-hybridized carbons (Fsp3) is 0.406. The predicted molar refractivity (Wildman–Crippen MR) is 161 cm³/mol. The number of methoxy groups -OCH3 is 1. The zero-order valence-corrected chi connectivity index (χ0v) is 25.1. The molecule has 0 aliphatic carbocycles. The third-order valence-electron chi connectivity index (χ3n) is 6.77. The molecule has 0 aromatic heterocycles. The molecule has 0 saturated heterocycles. The van der Waals surface area contributed by atoms with Crippen LogP contribution in [-0.4, -0.2) is 61.9 Å². The van der Waals surface area contributed by atoms with E-state index in [1.54, 1.807) is 13.2 Å². The van der Waals surface area contributed by atoms with Crippen LogP contribution in [0, 0.1) is 18.6 Å². The summed E-state index contributed by atoms with van der Waals surface area (Å²) >= 11 is 0. The highest BCUT2D eigenvalue weighted by Gasteiger charge is 2.23. The number of likely N-dealkylation sites (N-methyl/N-ethyl adjacent to an activating group) is 1. The number of hydrogen-bond acceptors (Lipinski definition) is 5. The van der Waals surface area contributed by atoms with E-state index in [0.717, 1.165) is 35.7 Å². The minimum Gasteiger partial charge on any atom is -0.390 e. The number of ether oxygens (including phenoxy) is 1. The summed E-state index contributed by atoms with van der Waals surface area (Å²) in [5.74, 6) is -1.77. The van der Waals surface area contributed by atoms with Gasteiger partial charge < -0.3 is 20.5 Å². The van der Waals surface area contributed by atoms with Gasteiger partial charge in [0.1, 0.15) is 11.6 Å². The van der Waals surface area contributed by atoms with Crippen molar-refractivity contribution in [3.05, 3.63) is 106 Å². The van der Waals surface area contributed by atoms with Crippen LogP contribution < -0.4 is 10.6 Å². The number of aryl methyl sites for hydroxylation is 2. The molecule has 0 unspecified atom stereocenters. The number of nitrogens with one attached hydrogen (secondary N) is 2. The number of halogens is 3. The summed E-state index contributed by atoms with van der Waals surface area (Å²) in [7, 11) is 3.64. The van der Waals surface area contributed by atoms with Gasteiger partial charge in [-0.15, -0.1) is 12.4 Å². The number of nitrogens with zero attached hydrogens (tertiary/aromatic N) is 1. The highest BCUT2D eigenvalue weighted by molar-refractivity contribution is 5.94. The molecular formula is C32H42ClF2N3O3. The first-order valence-corrected chi connectivity index (χ1v) is 13.7. The lowest BCUT2D eigenvalue weighted by molar-refractivity contribution is 0.0829. The van der Waals surface area contributed by atoms with Crippen LogP contribution >= 0.6 is 12.4 Å². The molecule has 6 nitrogen and oxygen atoms in total. The Morgan fingerprint density at radius 3 is 2.39 bits per heavy atom. The quantitative estimate of drug-likeness (QED) is 0.237. The Hall–Kier alpha value is -2.88. The first-order chi connectivity index (χ1) is 19.2. The fourth-order valence-corrected chi connectivity index (χ4v) is 4.71. The van der Waals surface area contributed by atoms with Crippen molar-refractivity contribution in [2.24, 2.45) is 0 Å².